The molecular formula is C24H24N4O4S2. The zero-order valence-electron chi connectivity index (χ0n) is 18.6. The van der Waals surface area contributed by atoms with Crippen molar-refractivity contribution in [1.29, 1.82) is 0 Å². The van der Waals surface area contributed by atoms with Gasteiger partial charge in [-0.1, -0.05) is 54.2 Å². The number of sulfonamides is 1. The van der Waals surface area contributed by atoms with Crippen LogP contribution in [0.5, 0.6) is 5.75 Å². The number of benzene rings is 3. The van der Waals surface area contributed by atoms with Gasteiger partial charge in [-0.25, -0.2) is 18.5 Å². The minimum absolute atomic E-state index is 0.00223. The quantitative estimate of drug-likeness (QED) is 0.362. The maximum absolute atomic E-state index is 12.9. The van der Waals surface area contributed by atoms with Crippen molar-refractivity contribution in [2.24, 2.45) is 12.2 Å². The van der Waals surface area contributed by atoms with Crippen LogP contribution >= 0.6 is 11.8 Å². The van der Waals surface area contributed by atoms with E-state index >= 15 is 0 Å². The first kappa shape index (κ1) is 23.8. The molecular weight excluding hydrogens is 472 g/mol. The molecule has 1 atom stereocenters. The first-order chi connectivity index (χ1) is 16.3. The zero-order chi connectivity index (χ0) is 24.3. The number of ether oxygens (including phenoxy) is 1. The second kappa shape index (κ2) is 9.88. The van der Waals surface area contributed by atoms with Gasteiger partial charge in [-0.2, -0.15) is 0 Å². The van der Waals surface area contributed by atoms with Gasteiger partial charge >= 0.3 is 0 Å². The second-order valence-electron chi connectivity index (χ2n) is 7.62. The van der Waals surface area contributed by atoms with E-state index in [1.807, 2.05) is 66.2 Å². The summed E-state index contributed by atoms with van der Waals surface area (Å²) in [6, 6.07) is 21.5. The number of rotatable bonds is 8. The fraction of sp³-hybridized carbons (Fsp3) is 0.167. The molecule has 8 nitrogen and oxygen atoms in total. The second-order valence-corrected chi connectivity index (χ2v) is 10.1. The Bertz CT molecular complexity index is 1420. The lowest BCUT2D eigenvalue weighted by Gasteiger charge is -2.20. The summed E-state index contributed by atoms with van der Waals surface area (Å²) in [6.45, 7) is 0. The van der Waals surface area contributed by atoms with Crippen molar-refractivity contribution in [3.05, 3.63) is 83.9 Å². The number of nitrogens with one attached hydrogen (secondary N) is 1. The largest absolute Gasteiger partial charge is 0.497 e. The Kier molecular flexibility index (Phi) is 6.92. The van der Waals surface area contributed by atoms with Gasteiger partial charge in [-0.15, -0.1) is 0 Å². The number of nitrogens with zero attached hydrogens (tertiary/aromatic N) is 2. The van der Waals surface area contributed by atoms with E-state index in [1.165, 1.54) is 23.9 Å². The third-order valence-corrected chi connectivity index (χ3v) is 7.30. The first-order valence-electron chi connectivity index (χ1n) is 10.4. The van der Waals surface area contributed by atoms with Gasteiger partial charge in [-0.3, -0.25) is 4.79 Å². The van der Waals surface area contributed by atoms with E-state index in [2.05, 4.69) is 10.3 Å². The Morgan fingerprint density at radius 1 is 1.09 bits per heavy atom. The van der Waals surface area contributed by atoms with Crippen LogP contribution in [0.4, 0.5) is 0 Å². The number of nitrogens with two attached hydrogens (primary N) is 1. The first-order valence-corrected chi connectivity index (χ1v) is 12.9. The number of carbonyl (C=O) groups is 1. The van der Waals surface area contributed by atoms with Crippen molar-refractivity contribution in [1.82, 2.24) is 14.9 Å². The summed E-state index contributed by atoms with van der Waals surface area (Å²) in [6.07, 6.45) is 0. The van der Waals surface area contributed by atoms with E-state index < -0.39 is 10.0 Å². The summed E-state index contributed by atoms with van der Waals surface area (Å²) in [5.74, 6) is 0.718. The fourth-order valence-corrected chi connectivity index (χ4v) is 4.93. The van der Waals surface area contributed by atoms with E-state index in [-0.39, 0.29) is 22.6 Å². The number of amides is 1. The summed E-state index contributed by atoms with van der Waals surface area (Å²) in [5.41, 5.74) is 3.14. The molecule has 0 saturated carbocycles. The summed E-state index contributed by atoms with van der Waals surface area (Å²) in [5, 5.41) is 8.92. The number of imidazole rings is 1. The Labute approximate surface area is 202 Å². The molecule has 3 N–H and O–H groups in total. The molecule has 4 aromatic rings. The number of methoxy groups -OCH3 is 1. The lowest BCUT2D eigenvalue weighted by atomic mass is 9.98. The van der Waals surface area contributed by atoms with E-state index in [4.69, 9.17) is 9.88 Å². The van der Waals surface area contributed by atoms with Gasteiger partial charge in [0.2, 0.25) is 15.9 Å². The van der Waals surface area contributed by atoms with Crippen molar-refractivity contribution in [3.63, 3.8) is 0 Å². The van der Waals surface area contributed by atoms with Crippen molar-refractivity contribution >= 4 is 38.7 Å². The highest BCUT2D eigenvalue weighted by Crippen LogP contribution is 2.27. The van der Waals surface area contributed by atoms with Crippen molar-refractivity contribution in [2.75, 3.05) is 12.9 Å². The zero-order valence-corrected chi connectivity index (χ0v) is 20.3. The fourth-order valence-electron chi connectivity index (χ4n) is 3.60. The summed E-state index contributed by atoms with van der Waals surface area (Å²) < 4.78 is 30.3. The number of thioether (sulfide) groups is 1. The third kappa shape index (κ3) is 5.24. The monoisotopic (exact) mass is 496 g/mol. The number of hydrogen-bond donors (Lipinski definition) is 2. The summed E-state index contributed by atoms with van der Waals surface area (Å²) in [4.78, 5) is 17.4. The number of aromatic nitrogens is 2. The minimum atomic E-state index is -3.82. The molecule has 0 fully saturated rings. The van der Waals surface area contributed by atoms with Gasteiger partial charge < -0.3 is 14.6 Å². The van der Waals surface area contributed by atoms with Crippen LogP contribution in [-0.4, -0.2) is 36.7 Å². The van der Waals surface area contributed by atoms with Crippen LogP contribution < -0.4 is 15.2 Å². The van der Waals surface area contributed by atoms with E-state index in [0.29, 0.717) is 10.7 Å². The molecule has 0 bridgehead atoms. The lowest BCUT2D eigenvalue weighted by molar-refractivity contribution is -0.119. The third-order valence-electron chi connectivity index (χ3n) is 5.36. The molecule has 3 aromatic carbocycles. The van der Waals surface area contributed by atoms with Gasteiger partial charge in [-0.05, 0) is 41.5 Å². The number of fused-ring (bicyclic) bond motifs is 1. The number of primary sulfonamides is 1. The Balaban J connectivity index is 1.52. The molecule has 0 radical (unpaired) electrons. The van der Waals surface area contributed by atoms with Gasteiger partial charge in [0, 0.05) is 7.05 Å². The maximum atomic E-state index is 12.9. The predicted octanol–water partition coefficient (Wildman–Crippen LogP) is 3.23. The van der Waals surface area contributed by atoms with E-state index in [1.54, 1.807) is 13.2 Å². The van der Waals surface area contributed by atoms with Crippen LogP contribution in [0.15, 0.2) is 82.8 Å². The topological polar surface area (TPSA) is 116 Å². The van der Waals surface area contributed by atoms with Crippen LogP contribution in [0.2, 0.25) is 0 Å². The van der Waals surface area contributed by atoms with Gasteiger partial charge in [0.05, 0.1) is 34.8 Å². The Morgan fingerprint density at radius 3 is 2.41 bits per heavy atom. The van der Waals surface area contributed by atoms with Crippen molar-refractivity contribution in [2.45, 2.75) is 16.1 Å². The molecule has 1 amide bonds. The van der Waals surface area contributed by atoms with Crippen LogP contribution in [0.25, 0.3) is 11.0 Å². The standard InChI is InChI=1S/C24H24N4O4S2/c1-28-21-13-12-19(34(25,30)31)14-20(21)26-24(28)33-15-22(29)27-23(16-6-4-3-5-7-16)17-8-10-18(32-2)11-9-17/h3-14,23H,15H2,1-2H3,(H,27,29)(H2,25,30,31)/t23-/m0/s1. The molecule has 1 aromatic heterocycles. The SMILES string of the molecule is COc1ccc([C@@H](NC(=O)CSc2nc3cc(S(N)(=O)=O)ccc3n2C)c2ccccc2)cc1. The predicted molar refractivity (Wildman–Crippen MR) is 132 cm³/mol. The van der Waals surface area contributed by atoms with Crippen LogP contribution in [-0.2, 0) is 21.9 Å². The maximum Gasteiger partial charge on any atom is 0.238 e. The molecule has 1 heterocycles. The highest BCUT2D eigenvalue weighted by molar-refractivity contribution is 7.99. The Morgan fingerprint density at radius 2 is 1.76 bits per heavy atom. The molecule has 0 unspecified atom stereocenters. The molecule has 0 aliphatic heterocycles. The van der Waals surface area contributed by atoms with Gasteiger partial charge in [0.15, 0.2) is 5.16 Å². The van der Waals surface area contributed by atoms with Crippen LogP contribution in [0.1, 0.15) is 17.2 Å². The highest BCUT2D eigenvalue weighted by atomic mass is 32.2. The van der Waals surface area contributed by atoms with Crippen molar-refractivity contribution < 1.29 is 17.9 Å². The molecule has 0 saturated heterocycles. The average Bonchev–Trinajstić information content (AvgIpc) is 3.16. The Hall–Kier alpha value is -3.34. The molecule has 34 heavy (non-hydrogen) atoms. The highest BCUT2D eigenvalue weighted by Gasteiger charge is 2.19. The number of hydrogen-bond acceptors (Lipinski definition) is 6. The molecule has 0 aliphatic carbocycles. The summed E-state index contributed by atoms with van der Waals surface area (Å²) in [7, 11) is -0.396. The van der Waals surface area contributed by atoms with E-state index in [0.717, 1.165) is 22.4 Å². The summed E-state index contributed by atoms with van der Waals surface area (Å²) >= 11 is 1.27. The number of aryl methyl sites for hydroxylation is 1. The normalized spacial score (nSPS) is 12.4. The molecule has 0 spiro atoms. The lowest BCUT2D eigenvalue weighted by Crippen LogP contribution is -2.30. The van der Waals surface area contributed by atoms with Crippen LogP contribution in [0.3, 0.4) is 0 Å². The van der Waals surface area contributed by atoms with Gasteiger partial charge in [0.25, 0.3) is 0 Å². The minimum Gasteiger partial charge on any atom is -0.497 e. The molecule has 4 rings (SSSR count). The molecule has 176 valence electrons. The van der Waals surface area contributed by atoms with Crippen molar-refractivity contribution in [3.8, 4) is 5.75 Å². The van der Waals surface area contributed by atoms with E-state index in [9.17, 15) is 13.2 Å². The van der Waals surface area contributed by atoms with Crippen LogP contribution in [0, 0.1) is 0 Å². The molecule has 0 aliphatic rings. The smallest absolute Gasteiger partial charge is 0.238 e. The van der Waals surface area contributed by atoms with Gasteiger partial charge in [0.1, 0.15) is 5.75 Å². The number of carbonyl (C=O) groups excluding carboxylic acids is 1. The average molecular weight is 497 g/mol. The molecule has 10 heteroatoms.